The maximum absolute atomic E-state index is 8.99. The lowest BCUT2D eigenvalue weighted by molar-refractivity contribution is -0.0654. The summed E-state index contributed by atoms with van der Waals surface area (Å²) in [6.45, 7) is 3.62. The SMILES string of the molecule is CCCOc1ccc(CCCCN(C)O)cc1. The number of unbranched alkanes of at least 4 members (excludes halogenated alkanes) is 1. The molecule has 0 aromatic heterocycles. The predicted octanol–water partition coefficient (Wildman–Crippen LogP) is 3.12. The summed E-state index contributed by atoms with van der Waals surface area (Å²) in [6.07, 6.45) is 4.21. The first-order valence-electron chi connectivity index (χ1n) is 6.34. The molecule has 1 N–H and O–H groups in total. The van der Waals surface area contributed by atoms with Gasteiger partial charge in [0, 0.05) is 13.6 Å². The Morgan fingerprint density at radius 1 is 1.18 bits per heavy atom. The van der Waals surface area contributed by atoms with E-state index < -0.39 is 0 Å². The van der Waals surface area contributed by atoms with Gasteiger partial charge in [0.15, 0.2) is 0 Å². The molecule has 0 aliphatic carbocycles. The molecule has 0 saturated heterocycles. The molecule has 0 aliphatic heterocycles. The van der Waals surface area contributed by atoms with Crippen molar-refractivity contribution in [1.82, 2.24) is 5.06 Å². The van der Waals surface area contributed by atoms with Crippen molar-refractivity contribution in [3.05, 3.63) is 29.8 Å². The zero-order valence-electron chi connectivity index (χ0n) is 10.9. The summed E-state index contributed by atoms with van der Waals surface area (Å²) in [4.78, 5) is 0. The fraction of sp³-hybridized carbons (Fsp3) is 0.571. The van der Waals surface area contributed by atoms with Gasteiger partial charge in [-0.1, -0.05) is 19.1 Å². The normalized spacial score (nSPS) is 10.8. The Bertz CT molecular complexity index is 296. The molecule has 0 heterocycles. The third-order valence-electron chi connectivity index (χ3n) is 2.59. The zero-order chi connectivity index (χ0) is 12.5. The summed E-state index contributed by atoms with van der Waals surface area (Å²) in [5.41, 5.74) is 1.33. The first kappa shape index (κ1) is 14.0. The van der Waals surface area contributed by atoms with Crippen molar-refractivity contribution in [3.8, 4) is 5.75 Å². The van der Waals surface area contributed by atoms with E-state index in [1.54, 1.807) is 7.05 Å². The average Bonchev–Trinajstić information content (AvgIpc) is 2.33. The molecule has 0 atom stereocenters. The molecule has 0 saturated carbocycles. The maximum Gasteiger partial charge on any atom is 0.119 e. The van der Waals surface area contributed by atoms with Crippen LogP contribution in [0.3, 0.4) is 0 Å². The van der Waals surface area contributed by atoms with Crippen LogP contribution >= 0.6 is 0 Å². The van der Waals surface area contributed by atoms with Gasteiger partial charge >= 0.3 is 0 Å². The van der Waals surface area contributed by atoms with Crippen LogP contribution in [0, 0.1) is 0 Å². The minimum atomic E-state index is 0.734. The molecule has 3 nitrogen and oxygen atoms in total. The van der Waals surface area contributed by atoms with Crippen molar-refractivity contribution < 1.29 is 9.94 Å². The second kappa shape index (κ2) is 8.09. The van der Waals surface area contributed by atoms with Gasteiger partial charge in [-0.15, -0.1) is 0 Å². The molecular formula is C14H23NO2. The molecule has 0 bridgehead atoms. The van der Waals surface area contributed by atoms with E-state index in [1.165, 1.54) is 10.6 Å². The molecule has 3 heteroatoms. The fourth-order valence-corrected chi connectivity index (χ4v) is 1.64. The number of hydrogen-bond donors (Lipinski definition) is 1. The Kier molecular flexibility index (Phi) is 6.67. The van der Waals surface area contributed by atoms with Crippen LogP contribution < -0.4 is 4.74 Å². The van der Waals surface area contributed by atoms with Gasteiger partial charge in [0.25, 0.3) is 0 Å². The van der Waals surface area contributed by atoms with Gasteiger partial charge in [-0.05, 0) is 43.4 Å². The number of aryl methyl sites for hydroxylation is 1. The van der Waals surface area contributed by atoms with E-state index in [4.69, 9.17) is 9.94 Å². The minimum absolute atomic E-state index is 0.734. The third kappa shape index (κ3) is 6.29. The number of benzene rings is 1. The highest BCUT2D eigenvalue weighted by molar-refractivity contribution is 5.27. The molecule has 17 heavy (non-hydrogen) atoms. The first-order valence-corrected chi connectivity index (χ1v) is 6.34. The highest BCUT2D eigenvalue weighted by atomic mass is 16.5. The fourth-order valence-electron chi connectivity index (χ4n) is 1.64. The molecule has 1 aromatic carbocycles. The summed E-state index contributed by atoms with van der Waals surface area (Å²) in [5.74, 6) is 0.950. The topological polar surface area (TPSA) is 32.7 Å². The number of nitrogens with zero attached hydrogens (tertiary/aromatic N) is 1. The lowest BCUT2D eigenvalue weighted by Gasteiger charge is -2.08. The summed E-state index contributed by atoms with van der Waals surface area (Å²) < 4.78 is 5.53. The van der Waals surface area contributed by atoms with Crippen molar-refractivity contribution >= 4 is 0 Å². The number of ether oxygens (including phenoxy) is 1. The highest BCUT2D eigenvalue weighted by Crippen LogP contribution is 2.14. The molecule has 1 rings (SSSR count). The highest BCUT2D eigenvalue weighted by Gasteiger charge is 1.97. The van der Waals surface area contributed by atoms with Gasteiger partial charge in [-0.3, -0.25) is 0 Å². The van der Waals surface area contributed by atoms with Gasteiger partial charge < -0.3 is 9.94 Å². The van der Waals surface area contributed by atoms with Gasteiger partial charge in [0.05, 0.1) is 6.61 Å². The Hall–Kier alpha value is -1.06. The monoisotopic (exact) mass is 237 g/mol. The van der Waals surface area contributed by atoms with Gasteiger partial charge in [-0.2, -0.15) is 5.06 Å². The van der Waals surface area contributed by atoms with E-state index in [-0.39, 0.29) is 0 Å². The Balaban J connectivity index is 2.25. The molecule has 96 valence electrons. The van der Waals surface area contributed by atoms with Crippen molar-refractivity contribution in [3.63, 3.8) is 0 Å². The van der Waals surface area contributed by atoms with E-state index in [0.29, 0.717) is 0 Å². The van der Waals surface area contributed by atoms with Gasteiger partial charge in [0.1, 0.15) is 5.75 Å². The van der Waals surface area contributed by atoms with Crippen molar-refractivity contribution in [2.45, 2.75) is 32.6 Å². The maximum atomic E-state index is 8.99. The summed E-state index contributed by atoms with van der Waals surface area (Å²) in [5, 5.41) is 10.2. The quantitative estimate of drug-likeness (QED) is 0.557. The van der Waals surface area contributed by atoms with Crippen LogP contribution in [0.1, 0.15) is 31.7 Å². The predicted molar refractivity (Wildman–Crippen MR) is 69.6 cm³/mol. The van der Waals surface area contributed by atoms with E-state index in [2.05, 4.69) is 19.1 Å². The lowest BCUT2D eigenvalue weighted by Crippen LogP contribution is -2.13. The second-order valence-corrected chi connectivity index (χ2v) is 4.33. The van der Waals surface area contributed by atoms with Crippen LogP contribution in [-0.4, -0.2) is 30.5 Å². The summed E-state index contributed by atoms with van der Waals surface area (Å²) in [7, 11) is 1.68. The third-order valence-corrected chi connectivity index (χ3v) is 2.59. The standard InChI is InChI=1S/C14H23NO2/c1-3-12-17-14-9-7-13(8-10-14)6-4-5-11-15(2)16/h7-10,16H,3-6,11-12H2,1-2H3. The van der Waals surface area contributed by atoms with Crippen molar-refractivity contribution in [2.24, 2.45) is 0 Å². The zero-order valence-corrected chi connectivity index (χ0v) is 10.9. The average molecular weight is 237 g/mol. The summed E-state index contributed by atoms with van der Waals surface area (Å²) in [6, 6.07) is 8.30. The van der Waals surface area contributed by atoms with Crippen LogP contribution in [0.2, 0.25) is 0 Å². The Labute approximate surface area is 104 Å². The molecule has 0 unspecified atom stereocenters. The van der Waals surface area contributed by atoms with Crippen LogP contribution in [0.25, 0.3) is 0 Å². The molecular weight excluding hydrogens is 214 g/mol. The smallest absolute Gasteiger partial charge is 0.119 e. The second-order valence-electron chi connectivity index (χ2n) is 4.33. The molecule has 1 aromatic rings. The number of hydroxylamine groups is 2. The lowest BCUT2D eigenvalue weighted by atomic mass is 10.1. The van der Waals surface area contributed by atoms with Crippen molar-refractivity contribution in [1.29, 1.82) is 0 Å². The van der Waals surface area contributed by atoms with Crippen LogP contribution in [-0.2, 0) is 6.42 Å². The first-order chi connectivity index (χ1) is 8.22. The molecule has 0 radical (unpaired) electrons. The molecule has 0 amide bonds. The molecule has 0 aliphatic rings. The Morgan fingerprint density at radius 3 is 2.47 bits per heavy atom. The summed E-state index contributed by atoms with van der Waals surface area (Å²) >= 11 is 0. The van der Waals surface area contributed by atoms with E-state index in [1.807, 2.05) is 12.1 Å². The van der Waals surface area contributed by atoms with E-state index >= 15 is 0 Å². The minimum Gasteiger partial charge on any atom is -0.494 e. The van der Waals surface area contributed by atoms with Crippen LogP contribution in [0.4, 0.5) is 0 Å². The van der Waals surface area contributed by atoms with Gasteiger partial charge in [0.2, 0.25) is 0 Å². The molecule has 0 spiro atoms. The van der Waals surface area contributed by atoms with Gasteiger partial charge in [-0.25, -0.2) is 0 Å². The number of rotatable bonds is 8. The van der Waals surface area contributed by atoms with Crippen LogP contribution in [0.5, 0.6) is 5.75 Å². The van der Waals surface area contributed by atoms with Crippen molar-refractivity contribution in [2.75, 3.05) is 20.2 Å². The van der Waals surface area contributed by atoms with E-state index in [0.717, 1.165) is 44.6 Å². The Morgan fingerprint density at radius 2 is 1.88 bits per heavy atom. The largest absolute Gasteiger partial charge is 0.494 e. The number of hydrogen-bond acceptors (Lipinski definition) is 3. The molecule has 0 fully saturated rings. The van der Waals surface area contributed by atoms with E-state index in [9.17, 15) is 0 Å². The van der Waals surface area contributed by atoms with Crippen LogP contribution in [0.15, 0.2) is 24.3 Å².